The third-order valence-electron chi connectivity index (χ3n) is 12.6. The second kappa shape index (κ2) is 51.8. The normalized spacial score (nSPS) is 12.0. The van der Waals surface area contributed by atoms with Gasteiger partial charge >= 0.3 is 276 Å². The topological polar surface area (TPSA) is 78.9 Å². The molecule has 0 aromatic rings. The van der Waals surface area contributed by atoms with E-state index in [9.17, 15) is 14.4 Å². The van der Waals surface area contributed by atoms with Crippen molar-refractivity contribution in [2.75, 3.05) is 0 Å². The molecule has 0 aromatic carbocycles. The third-order valence-corrected chi connectivity index (χ3v) is 19.9. The summed E-state index contributed by atoms with van der Waals surface area (Å²) in [4.78, 5) is 40.1. The van der Waals surface area contributed by atoms with Gasteiger partial charge in [0, 0.05) is 0 Å². The first-order valence-electron chi connectivity index (χ1n) is 28.5. The van der Waals surface area contributed by atoms with Crippen molar-refractivity contribution >= 4 is 37.5 Å². The molecular weight excluding hydrogens is 911 g/mol. The Morgan fingerprint density at radius 1 is 0.277 bits per heavy atom. The second-order valence-corrected chi connectivity index (χ2v) is 26.3. The van der Waals surface area contributed by atoms with Crippen molar-refractivity contribution in [2.45, 2.75) is 315 Å². The van der Waals surface area contributed by atoms with Gasteiger partial charge in [-0.15, -0.1) is 0 Å². The van der Waals surface area contributed by atoms with Crippen molar-refractivity contribution in [3.63, 3.8) is 0 Å². The van der Waals surface area contributed by atoms with E-state index in [1.165, 1.54) is 154 Å². The molecule has 0 atom stereocenters. The number of hydrogen-bond acceptors (Lipinski definition) is 6. The minimum atomic E-state index is -4.88. The molecule has 0 unspecified atom stereocenters. The van der Waals surface area contributed by atoms with Gasteiger partial charge in [0.2, 0.25) is 0 Å². The molecule has 0 N–H and O–H groups in total. The maximum atomic E-state index is 13.4. The minimum Gasteiger partial charge on any atom is -0.0654 e. The van der Waals surface area contributed by atoms with Crippen LogP contribution in [0.3, 0.4) is 0 Å². The van der Waals surface area contributed by atoms with Gasteiger partial charge in [0.1, 0.15) is 0 Å². The molecule has 6 nitrogen and oxygen atoms in total. The Kier molecular flexibility index (Phi) is 50.6. The van der Waals surface area contributed by atoms with Gasteiger partial charge in [-0.25, -0.2) is 0 Å². The van der Waals surface area contributed by atoms with E-state index >= 15 is 0 Å². The molecule has 0 aliphatic heterocycles. The van der Waals surface area contributed by atoms with E-state index in [0.717, 1.165) is 103 Å². The van der Waals surface area contributed by atoms with Gasteiger partial charge in [0.05, 0.1) is 0 Å². The quantitative estimate of drug-likeness (QED) is 0.0343. The Morgan fingerprint density at radius 3 is 0.708 bits per heavy atom. The molecule has 0 aliphatic carbocycles. The van der Waals surface area contributed by atoms with E-state index in [4.69, 9.17) is 9.22 Å². The predicted molar refractivity (Wildman–Crippen MR) is 282 cm³/mol. The monoisotopic (exact) mass is 1020 g/mol. The zero-order valence-corrected chi connectivity index (χ0v) is 46.6. The molecule has 0 fully saturated rings. The van der Waals surface area contributed by atoms with Crippen molar-refractivity contribution in [3.8, 4) is 0 Å². The van der Waals surface area contributed by atoms with Crippen LogP contribution >= 0.6 is 0 Å². The molecule has 0 aromatic heterocycles. The maximum absolute atomic E-state index is 13.4. The fourth-order valence-electron chi connectivity index (χ4n) is 8.30. The summed E-state index contributed by atoms with van der Waals surface area (Å²) in [7, 11) is 0. The minimum absolute atomic E-state index is 0.264. The van der Waals surface area contributed by atoms with E-state index in [1.54, 1.807) is 0 Å². The zero-order valence-electron chi connectivity index (χ0n) is 43.7. The van der Waals surface area contributed by atoms with E-state index in [1.807, 2.05) is 0 Å². The van der Waals surface area contributed by atoms with Gasteiger partial charge < -0.3 is 0 Å². The van der Waals surface area contributed by atoms with Crippen LogP contribution in [0.1, 0.15) is 310 Å². The fourth-order valence-corrected chi connectivity index (χ4v) is 15.6. The van der Waals surface area contributed by atoms with Gasteiger partial charge in [0.25, 0.3) is 0 Å². The number of carbonyl (C=O) groups excluding carboxylic acids is 3. The van der Waals surface area contributed by atoms with Crippen LogP contribution in [-0.2, 0) is 23.6 Å². The summed E-state index contributed by atoms with van der Waals surface area (Å²) in [6.07, 6.45) is 62.8. The molecule has 0 spiro atoms. The molecule has 65 heavy (non-hydrogen) atoms. The molecule has 380 valence electrons. The predicted octanol–water partition coefficient (Wildman–Crippen LogP) is 19.5. The first-order chi connectivity index (χ1) is 31.9. The molecule has 0 rings (SSSR count). The van der Waals surface area contributed by atoms with Crippen LogP contribution in [-0.4, -0.2) is 37.5 Å². The van der Waals surface area contributed by atoms with E-state index in [0.29, 0.717) is 10.9 Å². The number of carbonyl (C=O) groups is 3. The van der Waals surface area contributed by atoms with Crippen molar-refractivity contribution < 1.29 is 23.6 Å². The van der Waals surface area contributed by atoms with Gasteiger partial charge in [-0.2, -0.15) is 0 Å². The standard InChI is InChI=1S/3C18H34O2.C4H9.Sn/c3*1-2-3-4-5-6-7-8-9-10-11-12-13-14-15-16-17-18(19)20;1-3-4-2;/h3*9-10H,2-8,11-17H2,1H3,(H,19,20);1,3-4H2,2H3;/q;;;;+3/p-3/b3*10-9-;;. The van der Waals surface area contributed by atoms with E-state index in [-0.39, 0.29) is 37.2 Å². The van der Waals surface area contributed by atoms with Gasteiger partial charge in [-0.05, 0) is 19.3 Å². The summed E-state index contributed by atoms with van der Waals surface area (Å²) in [6, 6.07) is 0. The molecule has 0 saturated carbocycles. The SMILES string of the molecule is CCCCCCCC/C=C\CCCCCCCC(=O)[O][Sn]([CH2]CCC)([O]C(=O)CCCCCCC/C=C\CCCCCCCC)[O]C(=O)CCCCCCC/C=C\CCCCCCCC. The van der Waals surface area contributed by atoms with Crippen molar-refractivity contribution in [2.24, 2.45) is 0 Å². The van der Waals surface area contributed by atoms with Crippen LogP contribution in [0.15, 0.2) is 36.5 Å². The van der Waals surface area contributed by atoms with Gasteiger partial charge in [0.15, 0.2) is 0 Å². The van der Waals surface area contributed by atoms with Crippen LogP contribution in [0.25, 0.3) is 0 Å². The summed E-state index contributed by atoms with van der Waals surface area (Å²) in [6.45, 7) is 8.85. The Bertz CT molecular complexity index is 1000. The van der Waals surface area contributed by atoms with Crippen molar-refractivity contribution in [1.29, 1.82) is 0 Å². The van der Waals surface area contributed by atoms with Crippen LogP contribution in [0.4, 0.5) is 0 Å². The Morgan fingerprint density at radius 2 is 0.477 bits per heavy atom. The molecule has 0 amide bonds. The van der Waals surface area contributed by atoms with Gasteiger partial charge in [-0.1, -0.05) is 117 Å². The third kappa shape index (κ3) is 47.3. The first kappa shape index (κ1) is 63.4. The Hall–Kier alpha value is -1.57. The summed E-state index contributed by atoms with van der Waals surface area (Å²) in [5.41, 5.74) is 0. The first-order valence-corrected chi connectivity index (χ1v) is 34.0. The average Bonchev–Trinajstić information content (AvgIpc) is 3.29. The number of rotatable bonds is 51. The molecule has 0 heterocycles. The molecular formula is C58H108O6Sn. The Balaban J connectivity index is 4.88. The van der Waals surface area contributed by atoms with Crippen LogP contribution < -0.4 is 0 Å². The Labute approximate surface area is 410 Å². The fraction of sp³-hybridized carbons (Fsp3) is 0.845. The molecule has 7 heteroatoms. The van der Waals surface area contributed by atoms with Crippen LogP contribution in [0, 0.1) is 0 Å². The van der Waals surface area contributed by atoms with Crippen LogP contribution in [0.2, 0.25) is 4.44 Å². The van der Waals surface area contributed by atoms with Crippen molar-refractivity contribution in [1.82, 2.24) is 0 Å². The summed E-state index contributed by atoms with van der Waals surface area (Å²) < 4.78 is 18.7. The molecule has 0 saturated heterocycles. The number of unbranched alkanes of at least 4 members (excludes halogenated alkanes) is 34. The molecule has 0 bridgehead atoms. The molecule has 0 radical (unpaired) electrons. The summed E-state index contributed by atoms with van der Waals surface area (Å²) in [5.74, 6) is -1.13. The number of hydrogen-bond donors (Lipinski definition) is 0. The summed E-state index contributed by atoms with van der Waals surface area (Å²) in [5, 5.41) is 0. The van der Waals surface area contributed by atoms with E-state index < -0.39 is 19.6 Å². The zero-order chi connectivity index (χ0) is 47.4. The second-order valence-electron chi connectivity index (χ2n) is 19.2. The van der Waals surface area contributed by atoms with E-state index in [2.05, 4.69) is 64.2 Å². The van der Waals surface area contributed by atoms with Crippen molar-refractivity contribution in [3.05, 3.63) is 36.5 Å². The average molecular weight is 1020 g/mol. The van der Waals surface area contributed by atoms with Gasteiger partial charge in [-0.3, -0.25) is 0 Å². The number of allylic oxidation sites excluding steroid dienone is 6. The summed E-state index contributed by atoms with van der Waals surface area (Å²) >= 11 is -4.88. The van der Waals surface area contributed by atoms with Crippen LogP contribution in [0.5, 0.6) is 0 Å². The molecule has 0 aliphatic rings. The smallest absolute Gasteiger partial charge is 0.0654 e.